The van der Waals surface area contributed by atoms with Gasteiger partial charge in [-0.3, -0.25) is 4.90 Å². The smallest absolute Gasteiger partial charge is 0.414 e. The average molecular weight is 636 g/mol. The van der Waals surface area contributed by atoms with E-state index >= 15 is 0 Å². The lowest BCUT2D eigenvalue weighted by atomic mass is 9.83. The number of methoxy groups -OCH3 is 1. The third-order valence-corrected chi connectivity index (χ3v) is 12.9. The van der Waals surface area contributed by atoms with Gasteiger partial charge < -0.3 is 19.2 Å². The van der Waals surface area contributed by atoms with Crippen LogP contribution in [0, 0.1) is 11.3 Å². The molecule has 2 heterocycles. The van der Waals surface area contributed by atoms with Crippen molar-refractivity contribution in [3.8, 4) is 23.1 Å². The lowest BCUT2D eigenvalue weighted by molar-refractivity contribution is 0.0575. The molecule has 0 bridgehead atoms. The van der Waals surface area contributed by atoms with E-state index in [4.69, 9.17) is 30.5 Å². The van der Waals surface area contributed by atoms with Crippen molar-refractivity contribution in [1.29, 1.82) is 5.26 Å². The minimum absolute atomic E-state index is 0.00529. The number of hydrogen-bond donors (Lipinski definition) is 1. The Morgan fingerprint density at radius 1 is 1.16 bits per heavy atom. The largest absolute Gasteiger partial charge is 0.495 e. The predicted octanol–water partition coefficient (Wildman–Crippen LogP) is 8.46. The number of anilines is 3. The maximum atomic E-state index is 13.5. The zero-order valence-electron chi connectivity index (χ0n) is 27.3. The number of halogens is 1. The Bertz CT molecular complexity index is 1610. The number of benzene rings is 2. The molecule has 11 heteroatoms. The molecule has 0 spiro atoms. The Hall–Kier alpha value is -3.65. The van der Waals surface area contributed by atoms with Crippen LogP contribution < -0.4 is 15.0 Å². The molecule has 1 N–H and O–H groups in total. The van der Waals surface area contributed by atoms with Gasteiger partial charge in [-0.05, 0) is 80.9 Å². The molecule has 0 fully saturated rings. The minimum atomic E-state index is -2.13. The summed E-state index contributed by atoms with van der Waals surface area (Å²) < 4.78 is 18.0. The van der Waals surface area contributed by atoms with Crippen molar-refractivity contribution in [2.24, 2.45) is 0 Å². The van der Waals surface area contributed by atoms with Crippen LogP contribution in [-0.4, -0.2) is 50.2 Å². The molecule has 234 valence electrons. The van der Waals surface area contributed by atoms with Crippen molar-refractivity contribution in [1.82, 2.24) is 9.97 Å². The first-order valence-electron chi connectivity index (χ1n) is 14.5. The maximum absolute atomic E-state index is 13.5. The Morgan fingerprint density at radius 3 is 2.48 bits per heavy atom. The van der Waals surface area contributed by atoms with E-state index in [1.54, 1.807) is 48.5 Å². The van der Waals surface area contributed by atoms with Crippen molar-refractivity contribution in [3.63, 3.8) is 0 Å². The molecule has 1 amide bonds. The molecule has 9 nitrogen and oxygen atoms in total. The summed E-state index contributed by atoms with van der Waals surface area (Å²) >= 11 is 6.22. The normalized spacial score (nSPS) is 16.7. The summed E-state index contributed by atoms with van der Waals surface area (Å²) in [5, 5.41) is 14.1. The fourth-order valence-electron chi connectivity index (χ4n) is 4.76. The standard InChI is InChI=1S/C33H42ClN5O4Si/c1-31(2,3)43-30(40)39-19-33(7,20-42-44(9,10)32(4,5)6)24-16-21(15-22(18-35)28(24)39)25-13-14-36-29(37-25)38-26-17-23(34)11-12-27(26)41-8/h11-17H,19-20H2,1-10H3,(H,36,37,38). The van der Waals surface area contributed by atoms with E-state index in [1.807, 2.05) is 26.8 Å². The summed E-state index contributed by atoms with van der Waals surface area (Å²) in [6.45, 7) is 19.3. The molecule has 1 atom stereocenters. The summed E-state index contributed by atoms with van der Waals surface area (Å²) in [5.41, 5.74) is 2.36. The number of carbonyl (C=O) groups excluding carboxylic acids is 1. The van der Waals surface area contributed by atoms with Gasteiger partial charge in [-0.25, -0.2) is 14.8 Å². The zero-order chi connectivity index (χ0) is 32.7. The number of nitrogens with one attached hydrogen (secondary N) is 1. The van der Waals surface area contributed by atoms with E-state index in [-0.39, 0.29) is 5.04 Å². The molecule has 2 aromatic carbocycles. The van der Waals surface area contributed by atoms with Crippen molar-refractivity contribution in [2.75, 3.05) is 30.5 Å². The Balaban J connectivity index is 1.80. The molecular formula is C33H42ClN5O4Si. The highest BCUT2D eigenvalue weighted by molar-refractivity contribution is 6.74. The van der Waals surface area contributed by atoms with Gasteiger partial charge in [-0.15, -0.1) is 0 Å². The van der Waals surface area contributed by atoms with Crippen molar-refractivity contribution < 1.29 is 18.7 Å². The SMILES string of the molecule is COc1ccc(Cl)cc1Nc1nccc(-c2cc(C#N)c3c(c2)C(C)(CO[Si](C)(C)C(C)(C)C)CN3C(=O)OC(C)(C)C)n1. The van der Waals surface area contributed by atoms with Gasteiger partial charge in [0, 0.05) is 35.3 Å². The molecule has 1 aromatic heterocycles. The first-order valence-corrected chi connectivity index (χ1v) is 17.8. The average Bonchev–Trinajstić information content (AvgIpc) is 3.23. The van der Waals surface area contributed by atoms with E-state index in [0.29, 0.717) is 58.1 Å². The molecule has 1 aliphatic rings. The van der Waals surface area contributed by atoms with E-state index in [1.165, 1.54) is 0 Å². The van der Waals surface area contributed by atoms with Crippen LogP contribution in [0.1, 0.15) is 59.6 Å². The number of aromatic nitrogens is 2. The van der Waals surface area contributed by atoms with Gasteiger partial charge in [0.2, 0.25) is 5.95 Å². The Kier molecular flexibility index (Phi) is 9.09. The highest BCUT2D eigenvalue weighted by atomic mass is 35.5. The number of amides is 1. The molecule has 3 aromatic rings. The minimum Gasteiger partial charge on any atom is -0.495 e. The van der Waals surface area contributed by atoms with E-state index in [9.17, 15) is 10.1 Å². The Morgan fingerprint density at radius 2 is 1.86 bits per heavy atom. The summed E-state index contributed by atoms with van der Waals surface area (Å²) in [6, 6.07) is 13.1. The molecule has 0 saturated carbocycles. The van der Waals surface area contributed by atoms with Crippen LogP contribution in [-0.2, 0) is 14.6 Å². The van der Waals surface area contributed by atoms with Gasteiger partial charge in [0.05, 0.1) is 29.7 Å². The number of hydrogen-bond acceptors (Lipinski definition) is 8. The van der Waals surface area contributed by atoms with Gasteiger partial charge >= 0.3 is 6.09 Å². The number of rotatable bonds is 7. The molecule has 0 aliphatic carbocycles. The van der Waals surface area contributed by atoms with E-state index in [2.05, 4.69) is 57.2 Å². The molecule has 0 saturated heterocycles. The van der Waals surface area contributed by atoms with Gasteiger partial charge in [0.25, 0.3) is 0 Å². The summed E-state index contributed by atoms with van der Waals surface area (Å²) in [6.07, 6.45) is 1.15. The fourth-order valence-corrected chi connectivity index (χ4v) is 6.05. The van der Waals surface area contributed by atoms with Crippen LogP contribution in [0.15, 0.2) is 42.6 Å². The molecule has 44 heavy (non-hydrogen) atoms. The van der Waals surface area contributed by atoms with Crippen LogP contribution >= 0.6 is 11.6 Å². The molecule has 4 rings (SSSR count). The number of carbonyl (C=O) groups is 1. The van der Waals surface area contributed by atoms with Crippen molar-refractivity contribution in [3.05, 3.63) is 58.7 Å². The number of fused-ring (bicyclic) bond motifs is 1. The van der Waals surface area contributed by atoms with Crippen LogP contribution in [0.3, 0.4) is 0 Å². The van der Waals surface area contributed by atoms with Crippen LogP contribution in [0.5, 0.6) is 5.75 Å². The predicted molar refractivity (Wildman–Crippen MR) is 178 cm³/mol. The zero-order valence-corrected chi connectivity index (χ0v) is 29.0. The molecular weight excluding hydrogens is 594 g/mol. The van der Waals surface area contributed by atoms with Gasteiger partial charge in [0.1, 0.15) is 17.4 Å². The molecule has 0 radical (unpaired) electrons. The topological polar surface area (TPSA) is 110 Å². The van der Waals surface area contributed by atoms with Crippen LogP contribution in [0.25, 0.3) is 11.3 Å². The summed E-state index contributed by atoms with van der Waals surface area (Å²) in [4.78, 5) is 24.2. The van der Waals surface area contributed by atoms with E-state index in [0.717, 1.165) is 5.56 Å². The Labute approximate surface area is 266 Å². The number of ether oxygens (including phenoxy) is 2. The highest BCUT2D eigenvalue weighted by Gasteiger charge is 2.47. The van der Waals surface area contributed by atoms with Gasteiger partial charge in [0.15, 0.2) is 8.32 Å². The quantitative estimate of drug-likeness (QED) is 0.258. The van der Waals surface area contributed by atoms with Crippen LogP contribution in [0.2, 0.25) is 23.2 Å². The van der Waals surface area contributed by atoms with Crippen molar-refractivity contribution >= 4 is 43.3 Å². The lowest BCUT2D eigenvalue weighted by Gasteiger charge is -2.39. The van der Waals surface area contributed by atoms with Crippen LogP contribution in [0.4, 0.5) is 22.1 Å². The second kappa shape index (κ2) is 12.0. The maximum Gasteiger partial charge on any atom is 0.414 e. The molecule has 1 unspecified atom stereocenters. The third kappa shape index (κ3) is 7.01. The monoisotopic (exact) mass is 635 g/mol. The number of nitrogens with zero attached hydrogens (tertiary/aromatic N) is 4. The van der Waals surface area contributed by atoms with E-state index < -0.39 is 25.4 Å². The summed E-state index contributed by atoms with van der Waals surface area (Å²) in [5.74, 6) is 0.925. The summed E-state index contributed by atoms with van der Waals surface area (Å²) in [7, 11) is -0.557. The first-order chi connectivity index (χ1) is 20.4. The first kappa shape index (κ1) is 33.2. The third-order valence-electron chi connectivity index (χ3n) is 8.19. The van der Waals surface area contributed by atoms with Crippen molar-refractivity contribution in [2.45, 2.75) is 77.6 Å². The fraction of sp³-hybridized carbons (Fsp3) is 0.455. The molecule has 1 aliphatic heterocycles. The lowest BCUT2D eigenvalue weighted by Crippen LogP contribution is -2.46. The van der Waals surface area contributed by atoms with Gasteiger partial charge in [-0.1, -0.05) is 39.3 Å². The second-order valence-electron chi connectivity index (χ2n) is 13.9. The number of nitriles is 1. The van der Waals surface area contributed by atoms with Gasteiger partial charge in [-0.2, -0.15) is 5.26 Å². The second-order valence-corrected chi connectivity index (χ2v) is 19.2. The highest BCUT2D eigenvalue weighted by Crippen LogP contribution is 2.47.